The first-order valence-corrected chi connectivity index (χ1v) is 10.3. The molecule has 6 heteroatoms. The quantitative estimate of drug-likeness (QED) is 0.630. The average molecular weight is 318 g/mol. The predicted octanol–water partition coefficient (Wildman–Crippen LogP) is 2.73. The molecule has 1 amide bonds. The molecule has 0 radical (unpaired) electrons. The summed E-state index contributed by atoms with van der Waals surface area (Å²) in [5.41, 5.74) is 0. The van der Waals surface area contributed by atoms with Crippen molar-refractivity contribution < 1.29 is 18.1 Å². The molecule has 0 aromatic rings. The molecule has 1 N–H and O–H groups in total. The normalized spacial score (nSPS) is 20.1. The Bertz CT molecular complexity index is 284. The molecule has 0 aromatic heterocycles. The van der Waals surface area contributed by atoms with E-state index in [0.717, 1.165) is 44.7 Å². The third kappa shape index (κ3) is 6.46. The van der Waals surface area contributed by atoms with Crippen molar-refractivity contribution in [2.24, 2.45) is 5.92 Å². The maximum absolute atomic E-state index is 12.0. The second-order valence-electron chi connectivity index (χ2n) is 5.36. The summed E-state index contributed by atoms with van der Waals surface area (Å²) in [6.07, 6.45) is 5.04. The highest BCUT2D eigenvalue weighted by Crippen LogP contribution is 2.24. The van der Waals surface area contributed by atoms with Gasteiger partial charge in [0.1, 0.15) is 0 Å². The number of hydrogen-bond donors (Lipinski definition) is 1. The molecule has 0 saturated carbocycles. The third-order valence-electron chi connectivity index (χ3n) is 3.78. The van der Waals surface area contributed by atoms with Crippen LogP contribution < -0.4 is 5.32 Å². The summed E-state index contributed by atoms with van der Waals surface area (Å²) < 4.78 is 17.5. The highest BCUT2D eigenvalue weighted by Gasteiger charge is 2.40. The van der Waals surface area contributed by atoms with Crippen molar-refractivity contribution in [3.05, 3.63) is 0 Å². The van der Waals surface area contributed by atoms with E-state index in [1.807, 2.05) is 20.8 Å². The zero-order chi connectivity index (χ0) is 15.6. The Morgan fingerprint density at radius 2 is 1.71 bits per heavy atom. The SMILES string of the molecule is CCO[Si](CCCC1CCCCNC1=O)(OCC)OCC. The fraction of sp³-hybridized carbons (Fsp3) is 0.933. The molecule has 1 aliphatic heterocycles. The molecule has 1 unspecified atom stereocenters. The average Bonchev–Trinajstić information content (AvgIpc) is 2.65. The number of rotatable bonds is 10. The Labute approximate surface area is 130 Å². The smallest absolute Gasteiger partial charge is 0.374 e. The van der Waals surface area contributed by atoms with E-state index >= 15 is 0 Å². The van der Waals surface area contributed by atoms with E-state index in [2.05, 4.69) is 5.32 Å². The van der Waals surface area contributed by atoms with E-state index in [1.54, 1.807) is 0 Å². The highest BCUT2D eigenvalue weighted by molar-refractivity contribution is 6.60. The van der Waals surface area contributed by atoms with Gasteiger partial charge in [-0.05, 0) is 46.5 Å². The van der Waals surface area contributed by atoms with Crippen LogP contribution in [0.25, 0.3) is 0 Å². The molecule has 5 nitrogen and oxygen atoms in total. The molecule has 124 valence electrons. The van der Waals surface area contributed by atoms with Crippen LogP contribution in [0.1, 0.15) is 52.9 Å². The maximum atomic E-state index is 12.0. The predicted molar refractivity (Wildman–Crippen MR) is 85.0 cm³/mol. The van der Waals surface area contributed by atoms with Crippen molar-refractivity contribution in [1.82, 2.24) is 5.32 Å². The lowest BCUT2D eigenvalue weighted by atomic mass is 9.98. The minimum atomic E-state index is -2.55. The van der Waals surface area contributed by atoms with Crippen molar-refractivity contribution in [2.75, 3.05) is 26.4 Å². The molecule has 0 spiro atoms. The van der Waals surface area contributed by atoms with Gasteiger partial charge in [0, 0.05) is 38.3 Å². The summed E-state index contributed by atoms with van der Waals surface area (Å²) in [5.74, 6) is 0.355. The molecule has 0 aliphatic carbocycles. The van der Waals surface area contributed by atoms with Crippen molar-refractivity contribution >= 4 is 14.7 Å². The van der Waals surface area contributed by atoms with Crippen molar-refractivity contribution in [1.29, 1.82) is 0 Å². The van der Waals surface area contributed by atoms with Crippen LogP contribution in [-0.2, 0) is 18.1 Å². The molecular weight excluding hydrogens is 286 g/mol. The minimum absolute atomic E-state index is 0.143. The number of hydrogen-bond acceptors (Lipinski definition) is 4. The van der Waals surface area contributed by atoms with Gasteiger partial charge < -0.3 is 18.6 Å². The van der Waals surface area contributed by atoms with Crippen LogP contribution in [0, 0.1) is 5.92 Å². The Morgan fingerprint density at radius 3 is 2.29 bits per heavy atom. The van der Waals surface area contributed by atoms with Gasteiger partial charge in [-0.15, -0.1) is 0 Å². The van der Waals surface area contributed by atoms with Crippen LogP contribution in [0.15, 0.2) is 0 Å². The number of nitrogens with one attached hydrogen (secondary N) is 1. The summed E-state index contributed by atoms with van der Waals surface area (Å²) in [5, 5.41) is 3.00. The van der Waals surface area contributed by atoms with Gasteiger partial charge in [-0.3, -0.25) is 4.79 Å². The first-order chi connectivity index (χ1) is 10.2. The Morgan fingerprint density at radius 1 is 1.10 bits per heavy atom. The first kappa shape index (κ1) is 18.6. The minimum Gasteiger partial charge on any atom is -0.374 e. The highest BCUT2D eigenvalue weighted by atomic mass is 28.4. The van der Waals surface area contributed by atoms with E-state index in [1.165, 1.54) is 0 Å². The van der Waals surface area contributed by atoms with Crippen LogP contribution in [0.3, 0.4) is 0 Å². The van der Waals surface area contributed by atoms with Gasteiger partial charge in [0.05, 0.1) is 0 Å². The van der Waals surface area contributed by atoms with E-state index in [9.17, 15) is 4.79 Å². The largest absolute Gasteiger partial charge is 0.500 e. The molecule has 1 fully saturated rings. The Kier molecular flexibility index (Phi) is 9.15. The van der Waals surface area contributed by atoms with Gasteiger partial charge in [0.2, 0.25) is 5.91 Å². The number of carbonyl (C=O) groups is 1. The van der Waals surface area contributed by atoms with Gasteiger partial charge in [-0.25, -0.2) is 0 Å². The molecule has 1 heterocycles. The summed E-state index contributed by atoms with van der Waals surface area (Å²) >= 11 is 0. The summed E-state index contributed by atoms with van der Waals surface area (Å²) in [6, 6.07) is 0.798. The second-order valence-corrected chi connectivity index (χ2v) is 8.09. The molecule has 1 atom stereocenters. The number of amides is 1. The topological polar surface area (TPSA) is 56.8 Å². The van der Waals surface area contributed by atoms with E-state index < -0.39 is 8.80 Å². The lowest BCUT2D eigenvalue weighted by Gasteiger charge is -2.28. The molecule has 1 saturated heterocycles. The monoisotopic (exact) mass is 317 g/mol. The van der Waals surface area contributed by atoms with Gasteiger partial charge in [0.25, 0.3) is 0 Å². The lowest BCUT2D eigenvalue weighted by Crippen LogP contribution is -2.46. The fourth-order valence-electron chi connectivity index (χ4n) is 2.84. The van der Waals surface area contributed by atoms with Crippen molar-refractivity contribution in [3.63, 3.8) is 0 Å². The zero-order valence-corrected chi connectivity index (χ0v) is 14.8. The van der Waals surface area contributed by atoms with Crippen molar-refractivity contribution in [2.45, 2.75) is 58.9 Å². The van der Waals surface area contributed by atoms with Gasteiger partial charge in [0.15, 0.2) is 0 Å². The standard InChI is InChI=1S/C15H31NO4Si/c1-4-18-21(19-5-2,20-6-3)13-9-11-14-10-7-8-12-16-15(14)17/h14H,4-13H2,1-3H3,(H,16,17). The molecule has 0 bridgehead atoms. The molecule has 21 heavy (non-hydrogen) atoms. The van der Waals surface area contributed by atoms with E-state index in [0.29, 0.717) is 19.8 Å². The maximum Gasteiger partial charge on any atom is 0.500 e. The van der Waals surface area contributed by atoms with Gasteiger partial charge >= 0.3 is 8.80 Å². The number of carbonyl (C=O) groups excluding carboxylic acids is 1. The molecular formula is C15H31NO4Si. The molecule has 0 aromatic carbocycles. The van der Waals surface area contributed by atoms with Crippen LogP contribution in [0.4, 0.5) is 0 Å². The fourth-order valence-corrected chi connectivity index (χ4v) is 5.48. The molecule has 1 rings (SSSR count). The summed E-state index contributed by atoms with van der Waals surface area (Å²) in [4.78, 5) is 12.0. The summed E-state index contributed by atoms with van der Waals surface area (Å²) in [7, 11) is -2.55. The Balaban J connectivity index is 2.48. The van der Waals surface area contributed by atoms with E-state index in [-0.39, 0.29) is 11.8 Å². The van der Waals surface area contributed by atoms with Crippen molar-refractivity contribution in [3.8, 4) is 0 Å². The second kappa shape index (κ2) is 10.3. The first-order valence-electron chi connectivity index (χ1n) is 8.37. The van der Waals surface area contributed by atoms with Crippen LogP contribution >= 0.6 is 0 Å². The third-order valence-corrected chi connectivity index (χ3v) is 6.93. The van der Waals surface area contributed by atoms with Gasteiger partial charge in [-0.2, -0.15) is 0 Å². The van der Waals surface area contributed by atoms with E-state index in [4.69, 9.17) is 13.3 Å². The Hall–Kier alpha value is -0.433. The lowest BCUT2D eigenvalue weighted by molar-refractivity contribution is -0.124. The summed E-state index contributed by atoms with van der Waals surface area (Å²) in [6.45, 7) is 8.56. The zero-order valence-electron chi connectivity index (χ0n) is 13.8. The van der Waals surface area contributed by atoms with Crippen LogP contribution in [0.2, 0.25) is 6.04 Å². The van der Waals surface area contributed by atoms with Gasteiger partial charge in [-0.1, -0.05) is 6.42 Å². The van der Waals surface area contributed by atoms with Crippen LogP contribution in [-0.4, -0.2) is 41.1 Å². The molecule has 1 aliphatic rings. The van der Waals surface area contributed by atoms with Crippen LogP contribution in [0.5, 0.6) is 0 Å².